The maximum Gasteiger partial charge on any atom is 0.142 e. The van der Waals surface area contributed by atoms with E-state index in [9.17, 15) is 4.39 Å². The van der Waals surface area contributed by atoms with Gasteiger partial charge in [0.15, 0.2) is 0 Å². The molecule has 1 aromatic carbocycles. The van der Waals surface area contributed by atoms with Crippen LogP contribution in [0.3, 0.4) is 0 Å². The maximum absolute atomic E-state index is 12.4. The van der Waals surface area contributed by atoms with Crippen molar-refractivity contribution in [1.29, 1.82) is 0 Å². The molecule has 1 aromatic rings. The van der Waals surface area contributed by atoms with Crippen LogP contribution in [0.4, 0.5) is 4.39 Å². The molecule has 0 aromatic heterocycles. The Kier molecular flexibility index (Phi) is 3.26. The molecule has 0 saturated heterocycles. The van der Waals surface area contributed by atoms with E-state index in [1.54, 1.807) is 25.3 Å². The molecule has 0 bridgehead atoms. The van der Waals surface area contributed by atoms with Crippen molar-refractivity contribution in [3.8, 4) is 0 Å². The number of hydrogen-bond donors (Lipinski definition) is 0. The smallest absolute Gasteiger partial charge is 0.142 e. The van der Waals surface area contributed by atoms with Gasteiger partial charge in [0.1, 0.15) is 12.4 Å². The highest BCUT2D eigenvalue weighted by Gasteiger charge is 1.92. The van der Waals surface area contributed by atoms with E-state index < -0.39 is 0 Å². The molecule has 2 nitrogen and oxygen atoms in total. The number of benzene rings is 1. The van der Waals surface area contributed by atoms with E-state index in [2.05, 4.69) is 5.16 Å². The highest BCUT2D eigenvalue weighted by molar-refractivity contribution is 5.52. The van der Waals surface area contributed by atoms with Gasteiger partial charge in [-0.3, -0.25) is 0 Å². The molecule has 0 atom stereocenters. The lowest BCUT2D eigenvalue weighted by atomic mass is 10.2. The fourth-order valence-electron chi connectivity index (χ4n) is 0.767. The number of oxime groups is 1. The third-order valence-corrected chi connectivity index (χ3v) is 1.32. The summed E-state index contributed by atoms with van der Waals surface area (Å²) in [6, 6.07) is 6.13. The minimum Gasteiger partial charge on any atom is -0.391 e. The van der Waals surface area contributed by atoms with Gasteiger partial charge in [0, 0.05) is 6.21 Å². The molecule has 0 aliphatic rings. The van der Waals surface area contributed by atoms with Crippen LogP contribution in [-0.4, -0.2) is 6.21 Å². The number of nitrogens with zero attached hydrogens (tertiary/aromatic N) is 1. The van der Waals surface area contributed by atoms with Gasteiger partial charge >= 0.3 is 0 Å². The van der Waals surface area contributed by atoms with Crippen LogP contribution < -0.4 is 0 Å². The molecular formula is C9H10FNO. The second-order valence-corrected chi connectivity index (χ2v) is 2.26. The van der Waals surface area contributed by atoms with Crippen molar-refractivity contribution in [1.82, 2.24) is 0 Å². The molecule has 0 radical (unpaired) electrons. The van der Waals surface area contributed by atoms with E-state index in [1.807, 2.05) is 0 Å². The van der Waals surface area contributed by atoms with Crippen LogP contribution in [0.15, 0.2) is 29.4 Å². The lowest BCUT2D eigenvalue weighted by molar-refractivity contribution is 0.132. The Morgan fingerprint density at radius 2 is 2.08 bits per heavy atom. The molecule has 0 aliphatic heterocycles. The maximum atomic E-state index is 12.4. The SMILES string of the molecule is CC=NOCc1ccc(F)cc1. The van der Waals surface area contributed by atoms with Gasteiger partial charge in [0.2, 0.25) is 0 Å². The minimum absolute atomic E-state index is 0.238. The fourth-order valence-corrected chi connectivity index (χ4v) is 0.767. The van der Waals surface area contributed by atoms with E-state index in [0.29, 0.717) is 6.61 Å². The van der Waals surface area contributed by atoms with Crippen molar-refractivity contribution in [2.75, 3.05) is 0 Å². The molecule has 0 saturated carbocycles. The first-order valence-electron chi connectivity index (χ1n) is 3.67. The van der Waals surface area contributed by atoms with Gasteiger partial charge in [-0.05, 0) is 24.6 Å². The van der Waals surface area contributed by atoms with Crippen LogP contribution >= 0.6 is 0 Å². The molecule has 3 heteroatoms. The largest absolute Gasteiger partial charge is 0.391 e. The standard InChI is InChI=1S/C9H10FNO/c1-2-11-12-7-8-3-5-9(10)6-4-8/h2-6H,7H2,1H3. The lowest BCUT2D eigenvalue weighted by Crippen LogP contribution is -1.86. The Morgan fingerprint density at radius 3 is 2.67 bits per heavy atom. The molecular weight excluding hydrogens is 157 g/mol. The molecule has 0 heterocycles. The summed E-state index contributed by atoms with van der Waals surface area (Å²) in [5.41, 5.74) is 0.905. The summed E-state index contributed by atoms with van der Waals surface area (Å²) in [6.45, 7) is 2.15. The minimum atomic E-state index is -0.238. The number of rotatable bonds is 3. The van der Waals surface area contributed by atoms with Crippen molar-refractivity contribution < 1.29 is 9.23 Å². The Morgan fingerprint density at radius 1 is 1.42 bits per heavy atom. The molecule has 0 spiro atoms. The van der Waals surface area contributed by atoms with Crippen LogP contribution in [0.2, 0.25) is 0 Å². The average Bonchev–Trinajstić information content (AvgIpc) is 2.09. The highest BCUT2D eigenvalue weighted by atomic mass is 19.1. The zero-order valence-corrected chi connectivity index (χ0v) is 6.83. The van der Waals surface area contributed by atoms with Crippen molar-refractivity contribution in [3.63, 3.8) is 0 Å². The third kappa shape index (κ3) is 2.70. The predicted molar refractivity (Wildman–Crippen MR) is 45.4 cm³/mol. The zero-order valence-electron chi connectivity index (χ0n) is 6.83. The van der Waals surface area contributed by atoms with Crippen molar-refractivity contribution in [3.05, 3.63) is 35.6 Å². The quantitative estimate of drug-likeness (QED) is 0.500. The monoisotopic (exact) mass is 167 g/mol. The summed E-state index contributed by atoms with van der Waals surface area (Å²) in [5, 5.41) is 3.57. The molecule has 0 N–H and O–H groups in total. The first-order valence-corrected chi connectivity index (χ1v) is 3.67. The van der Waals surface area contributed by atoms with E-state index >= 15 is 0 Å². The van der Waals surface area contributed by atoms with Gasteiger partial charge in [-0.25, -0.2) is 4.39 Å². The molecule has 0 unspecified atom stereocenters. The third-order valence-electron chi connectivity index (χ3n) is 1.32. The second kappa shape index (κ2) is 4.49. The molecule has 0 fully saturated rings. The summed E-state index contributed by atoms with van der Waals surface area (Å²) in [6.07, 6.45) is 1.56. The van der Waals surface area contributed by atoms with Gasteiger partial charge < -0.3 is 4.84 Å². The fraction of sp³-hybridized carbons (Fsp3) is 0.222. The first-order chi connectivity index (χ1) is 5.83. The average molecular weight is 167 g/mol. The Hall–Kier alpha value is -1.38. The number of halogens is 1. The Balaban J connectivity index is 2.47. The van der Waals surface area contributed by atoms with Crippen LogP contribution in [0.5, 0.6) is 0 Å². The summed E-state index contributed by atoms with van der Waals surface area (Å²) < 4.78 is 12.4. The second-order valence-electron chi connectivity index (χ2n) is 2.26. The van der Waals surface area contributed by atoms with Crippen molar-refractivity contribution in [2.24, 2.45) is 5.16 Å². The van der Waals surface area contributed by atoms with Crippen LogP contribution in [0.1, 0.15) is 12.5 Å². The summed E-state index contributed by atoms with van der Waals surface area (Å²) >= 11 is 0. The normalized spacial score (nSPS) is 10.5. The van der Waals surface area contributed by atoms with Gasteiger partial charge in [-0.15, -0.1) is 0 Å². The molecule has 0 aliphatic carbocycles. The predicted octanol–water partition coefficient (Wildman–Crippen LogP) is 2.35. The highest BCUT2D eigenvalue weighted by Crippen LogP contribution is 2.03. The summed E-state index contributed by atoms with van der Waals surface area (Å²) in [4.78, 5) is 4.86. The topological polar surface area (TPSA) is 21.6 Å². The Bertz CT molecular complexity index is 256. The van der Waals surface area contributed by atoms with Crippen LogP contribution in [0.25, 0.3) is 0 Å². The van der Waals surface area contributed by atoms with Crippen molar-refractivity contribution >= 4 is 6.21 Å². The van der Waals surface area contributed by atoms with Crippen LogP contribution in [-0.2, 0) is 11.4 Å². The first kappa shape index (κ1) is 8.71. The van der Waals surface area contributed by atoms with Gasteiger partial charge in [-0.2, -0.15) is 0 Å². The van der Waals surface area contributed by atoms with Crippen LogP contribution in [0, 0.1) is 5.82 Å². The number of hydrogen-bond acceptors (Lipinski definition) is 2. The van der Waals surface area contributed by atoms with Gasteiger partial charge in [-0.1, -0.05) is 17.3 Å². The Labute approximate surface area is 70.7 Å². The molecule has 12 heavy (non-hydrogen) atoms. The molecule has 64 valence electrons. The molecule has 1 rings (SSSR count). The molecule has 0 amide bonds. The summed E-state index contributed by atoms with van der Waals surface area (Å²) in [5.74, 6) is -0.238. The van der Waals surface area contributed by atoms with E-state index in [4.69, 9.17) is 4.84 Å². The van der Waals surface area contributed by atoms with Crippen molar-refractivity contribution in [2.45, 2.75) is 13.5 Å². The van der Waals surface area contributed by atoms with E-state index in [1.165, 1.54) is 12.1 Å². The lowest BCUT2D eigenvalue weighted by Gasteiger charge is -1.98. The van der Waals surface area contributed by atoms with Gasteiger partial charge in [0.25, 0.3) is 0 Å². The summed E-state index contributed by atoms with van der Waals surface area (Å²) in [7, 11) is 0. The zero-order chi connectivity index (χ0) is 8.81. The van der Waals surface area contributed by atoms with Gasteiger partial charge in [0.05, 0.1) is 0 Å². The van der Waals surface area contributed by atoms with E-state index in [-0.39, 0.29) is 5.82 Å². The van der Waals surface area contributed by atoms with E-state index in [0.717, 1.165) is 5.56 Å².